The average Bonchev–Trinajstić information content (AvgIpc) is 2.73. The number of likely N-dealkylation sites (tertiary alicyclic amines) is 1. The van der Waals surface area contributed by atoms with Gasteiger partial charge in [0.25, 0.3) is 11.8 Å². The Hall–Kier alpha value is -2.53. The Morgan fingerprint density at radius 3 is 2.34 bits per heavy atom. The quantitative estimate of drug-likeness (QED) is 0.783. The molecule has 1 aliphatic rings. The zero-order chi connectivity index (χ0) is 21.0. The van der Waals surface area contributed by atoms with Crippen LogP contribution in [0.1, 0.15) is 58.9 Å². The number of piperidine rings is 1. The van der Waals surface area contributed by atoms with Gasteiger partial charge in [0.15, 0.2) is 0 Å². The summed E-state index contributed by atoms with van der Waals surface area (Å²) in [6, 6.07) is 12.8. The molecule has 0 unspecified atom stereocenters. The normalized spacial score (nSPS) is 14.7. The number of hydrogen-bond donors (Lipinski definition) is 1. The molecule has 1 saturated heterocycles. The van der Waals surface area contributed by atoms with Gasteiger partial charge in [-0.2, -0.15) is 0 Å². The van der Waals surface area contributed by atoms with Crippen molar-refractivity contribution >= 4 is 23.4 Å². The summed E-state index contributed by atoms with van der Waals surface area (Å²) in [7, 11) is 1.54. The zero-order valence-electron chi connectivity index (χ0n) is 17.1. The molecule has 0 spiro atoms. The van der Waals surface area contributed by atoms with Crippen molar-refractivity contribution in [2.45, 2.75) is 38.6 Å². The molecule has 1 aliphatic heterocycles. The van der Waals surface area contributed by atoms with E-state index in [9.17, 15) is 9.59 Å². The van der Waals surface area contributed by atoms with Crippen molar-refractivity contribution in [1.82, 2.24) is 10.2 Å². The van der Waals surface area contributed by atoms with Gasteiger partial charge in [-0.1, -0.05) is 37.6 Å². The van der Waals surface area contributed by atoms with Crippen molar-refractivity contribution in [2.24, 2.45) is 0 Å². The third-order valence-electron chi connectivity index (χ3n) is 5.35. The fourth-order valence-electron chi connectivity index (χ4n) is 3.53. The second-order valence-corrected chi connectivity index (χ2v) is 8.10. The number of ether oxygens (including phenoxy) is 1. The molecule has 6 heteroatoms. The lowest BCUT2D eigenvalue weighted by atomic mass is 10.0. The highest BCUT2D eigenvalue weighted by Gasteiger charge is 2.26. The number of amides is 2. The predicted octanol–water partition coefficient (Wildman–Crippen LogP) is 4.51. The third-order valence-corrected chi connectivity index (χ3v) is 5.58. The molecule has 2 amide bonds. The number of nitrogens with zero attached hydrogens (tertiary/aromatic N) is 1. The van der Waals surface area contributed by atoms with Crippen LogP contribution in [0.2, 0.25) is 5.02 Å². The molecule has 1 fully saturated rings. The highest BCUT2D eigenvalue weighted by molar-refractivity contribution is 6.31. The summed E-state index contributed by atoms with van der Waals surface area (Å²) in [6.07, 6.45) is 1.43. The van der Waals surface area contributed by atoms with Crippen molar-refractivity contribution in [2.75, 3.05) is 20.2 Å². The lowest BCUT2D eigenvalue weighted by Crippen LogP contribution is -2.46. The number of nitrogens with one attached hydrogen (secondary N) is 1. The van der Waals surface area contributed by atoms with E-state index in [0.29, 0.717) is 53.7 Å². The molecule has 5 nitrogen and oxygen atoms in total. The van der Waals surface area contributed by atoms with Gasteiger partial charge < -0.3 is 15.0 Å². The summed E-state index contributed by atoms with van der Waals surface area (Å²) in [5.74, 6) is 0.784. The Morgan fingerprint density at radius 2 is 1.76 bits per heavy atom. The van der Waals surface area contributed by atoms with E-state index in [1.807, 2.05) is 24.3 Å². The minimum Gasteiger partial charge on any atom is -0.496 e. The lowest BCUT2D eigenvalue weighted by molar-refractivity contribution is 0.0695. The maximum absolute atomic E-state index is 12.9. The highest BCUT2D eigenvalue weighted by atomic mass is 35.5. The molecule has 1 N–H and O–H groups in total. The monoisotopic (exact) mass is 414 g/mol. The second kappa shape index (κ2) is 9.31. The number of hydrogen-bond acceptors (Lipinski definition) is 3. The van der Waals surface area contributed by atoms with Crippen LogP contribution in [0.4, 0.5) is 0 Å². The van der Waals surface area contributed by atoms with Crippen LogP contribution in [0.15, 0.2) is 42.5 Å². The first-order valence-corrected chi connectivity index (χ1v) is 10.3. The van der Waals surface area contributed by atoms with Crippen LogP contribution in [0.5, 0.6) is 5.75 Å². The minimum atomic E-state index is -0.0987. The largest absolute Gasteiger partial charge is 0.496 e. The molecule has 2 aromatic rings. The van der Waals surface area contributed by atoms with Crippen LogP contribution < -0.4 is 10.1 Å². The van der Waals surface area contributed by atoms with E-state index in [0.717, 1.165) is 0 Å². The third kappa shape index (κ3) is 5.10. The summed E-state index contributed by atoms with van der Waals surface area (Å²) in [5.41, 5.74) is 2.34. The molecule has 2 aromatic carbocycles. The van der Waals surface area contributed by atoms with E-state index in [1.54, 1.807) is 23.1 Å². The predicted molar refractivity (Wildman–Crippen MR) is 115 cm³/mol. The van der Waals surface area contributed by atoms with Crippen molar-refractivity contribution in [3.63, 3.8) is 0 Å². The molecule has 29 heavy (non-hydrogen) atoms. The smallest absolute Gasteiger partial charge is 0.257 e. The minimum absolute atomic E-state index is 0.0533. The average molecular weight is 415 g/mol. The summed E-state index contributed by atoms with van der Waals surface area (Å²) >= 11 is 6.05. The van der Waals surface area contributed by atoms with Gasteiger partial charge in [0.1, 0.15) is 5.75 Å². The van der Waals surface area contributed by atoms with Crippen LogP contribution in [0, 0.1) is 0 Å². The zero-order valence-corrected chi connectivity index (χ0v) is 17.8. The molecule has 0 aliphatic carbocycles. The molecule has 1 heterocycles. The molecular weight excluding hydrogens is 388 g/mol. The Bertz CT molecular complexity index is 872. The Kier molecular flexibility index (Phi) is 6.80. The summed E-state index contributed by atoms with van der Waals surface area (Å²) in [4.78, 5) is 27.2. The van der Waals surface area contributed by atoms with Crippen LogP contribution >= 0.6 is 11.6 Å². The molecule has 0 bridgehead atoms. The maximum Gasteiger partial charge on any atom is 0.257 e. The maximum atomic E-state index is 12.9. The standard InChI is InChI=1S/C23H27ClN2O3/c1-15(2)16-4-6-17(7-5-16)22(27)25-19-10-12-26(13-11-19)23(28)20-14-18(24)8-9-21(20)29-3/h4-9,14-15,19H,10-13H2,1-3H3,(H,25,27). The first kappa shape index (κ1) is 21.2. The fraction of sp³-hybridized carbons (Fsp3) is 0.391. The van der Waals surface area contributed by atoms with Gasteiger partial charge in [0, 0.05) is 29.7 Å². The van der Waals surface area contributed by atoms with Gasteiger partial charge >= 0.3 is 0 Å². The Balaban J connectivity index is 1.57. The van der Waals surface area contributed by atoms with Gasteiger partial charge in [-0.05, 0) is 54.7 Å². The first-order chi connectivity index (χ1) is 13.9. The number of rotatable bonds is 5. The van der Waals surface area contributed by atoms with Crippen molar-refractivity contribution < 1.29 is 14.3 Å². The van der Waals surface area contributed by atoms with Crippen LogP contribution in [0.3, 0.4) is 0 Å². The van der Waals surface area contributed by atoms with Gasteiger partial charge in [-0.15, -0.1) is 0 Å². The molecular formula is C23H27ClN2O3. The molecule has 3 rings (SSSR count). The molecule has 0 radical (unpaired) electrons. The topological polar surface area (TPSA) is 58.6 Å². The van der Waals surface area contributed by atoms with Gasteiger partial charge in [-0.25, -0.2) is 0 Å². The van der Waals surface area contributed by atoms with E-state index in [2.05, 4.69) is 19.2 Å². The van der Waals surface area contributed by atoms with E-state index >= 15 is 0 Å². The van der Waals surface area contributed by atoms with Crippen molar-refractivity contribution in [3.05, 3.63) is 64.2 Å². The van der Waals surface area contributed by atoms with Crippen molar-refractivity contribution in [1.29, 1.82) is 0 Å². The Labute approximate surface area is 177 Å². The van der Waals surface area contributed by atoms with Gasteiger partial charge in [0.05, 0.1) is 12.7 Å². The molecule has 0 aromatic heterocycles. The summed E-state index contributed by atoms with van der Waals surface area (Å²) in [6.45, 7) is 5.41. The number of carbonyl (C=O) groups excluding carboxylic acids is 2. The number of halogens is 1. The molecule has 0 atom stereocenters. The first-order valence-electron chi connectivity index (χ1n) is 9.92. The van der Waals surface area contributed by atoms with Crippen LogP contribution in [0.25, 0.3) is 0 Å². The van der Waals surface area contributed by atoms with E-state index in [-0.39, 0.29) is 17.9 Å². The molecule has 154 valence electrons. The lowest BCUT2D eigenvalue weighted by Gasteiger charge is -2.32. The van der Waals surface area contributed by atoms with Crippen LogP contribution in [-0.4, -0.2) is 43.0 Å². The van der Waals surface area contributed by atoms with Crippen molar-refractivity contribution in [3.8, 4) is 5.75 Å². The Morgan fingerprint density at radius 1 is 1.10 bits per heavy atom. The van der Waals surface area contributed by atoms with Gasteiger partial charge in [-0.3, -0.25) is 9.59 Å². The van der Waals surface area contributed by atoms with E-state index in [1.165, 1.54) is 12.7 Å². The highest BCUT2D eigenvalue weighted by Crippen LogP contribution is 2.25. The number of methoxy groups -OCH3 is 1. The van der Waals surface area contributed by atoms with E-state index in [4.69, 9.17) is 16.3 Å². The summed E-state index contributed by atoms with van der Waals surface area (Å²) in [5, 5.41) is 3.59. The van der Waals surface area contributed by atoms with E-state index < -0.39 is 0 Å². The number of benzene rings is 2. The summed E-state index contributed by atoms with van der Waals surface area (Å²) < 4.78 is 5.29. The van der Waals surface area contributed by atoms with Gasteiger partial charge in [0.2, 0.25) is 0 Å². The second-order valence-electron chi connectivity index (χ2n) is 7.66. The fourth-order valence-corrected chi connectivity index (χ4v) is 3.70. The SMILES string of the molecule is COc1ccc(Cl)cc1C(=O)N1CCC(NC(=O)c2ccc(C(C)C)cc2)CC1. The molecule has 0 saturated carbocycles. The number of carbonyl (C=O) groups is 2. The van der Waals surface area contributed by atoms with Crippen LogP contribution in [-0.2, 0) is 0 Å².